The van der Waals surface area contributed by atoms with Crippen LogP contribution in [-0.4, -0.2) is 21.8 Å². The summed E-state index contributed by atoms with van der Waals surface area (Å²) < 4.78 is 22.1. The van der Waals surface area contributed by atoms with Crippen molar-refractivity contribution in [3.63, 3.8) is 0 Å². The fourth-order valence-corrected chi connectivity index (χ4v) is 3.95. The van der Waals surface area contributed by atoms with Crippen LogP contribution in [-0.2, 0) is 23.2 Å². The quantitative estimate of drug-likeness (QED) is 0.206. The van der Waals surface area contributed by atoms with E-state index in [1.54, 1.807) is 0 Å². The number of nitro benzene ring substituents is 2. The Morgan fingerprint density at radius 1 is 0.765 bits per heavy atom. The Hall–Kier alpha value is -3.72. The zero-order chi connectivity index (χ0) is 25.3. The predicted molar refractivity (Wildman–Crippen MR) is 121 cm³/mol. The van der Waals surface area contributed by atoms with Crippen LogP contribution in [0.2, 0.25) is 0 Å². The first-order chi connectivity index (χ1) is 16.2. The van der Waals surface area contributed by atoms with Crippen molar-refractivity contribution in [2.45, 2.75) is 51.4 Å². The molecule has 0 bridgehead atoms. The molecule has 0 saturated carbocycles. The maximum absolute atomic E-state index is 12.6. The van der Waals surface area contributed by atoms with E-state index in [1.807, 2.05) is 13.8 Å². The van der Waals surface area contributed by atoms with Crippen molar-refractivity contribution >= 4 is 31.6 Å². The molecule has 2 rings (SSSR count). The minimum absolute atomic E-state index is 0.138. The van der Waals surface area contributed by atoms with Gasteiger partial charge in [-0.1, -0.05) is 51.0 Å². The van der Waals surface area contributed by atoms with Gasteiger partial charge in [-0.2, -0.15) is 9.05 Å². The molecule has 0 aliphatic carbocycles. The number of rotatable bonds is 12. The van der Waals surface area contributed by atoms with Gasteiger partial charge in [0.25, 0.3) is 11.4 Å². The Balaban J connectivity index is 2.09. The maximum atomic E-state index is 12.6. The Morgan fingerprint density at radius 2 is 1.09 bits per heavy atom. The van der Waals surface area contributed by atoms with E-state index in [0.29, 0.717) is 36.8 Å². The van der Waals surface area contributed by atoms with Gasteiger partial charge in [-0.05, 0) is 24.0 Å². The number of nitro groups is 2. The zero-order valence-corrected chi connectivity index (χ0v) is 19.5. The number of nitrogens with zero attached hydrogens (tertiary/aromatic N) is 2. The molecule has 2 aromatic carbocycles. The van der Waals surface area contributed by atoms with Crippen LogP contribution in [0.5, 0.6) is 0 Å². The molecule has 2 atom stereocenters. The molecule has 0 saturated heterocycles. The average molecular weight is 491 g/mol. The molecule has 0 heterocycles. The molecule has 12 heteroatoms. The van der Waals surface area contributed by atoms with E-state index in [9.17, 15) is 34.4 Å². The number of benzene rings is 2. The molecule has 0 fully saturated rings. The van der Waals surface area contributed by atoms with Crippen molar-refractivity contribution in [3.8, 4) is 0 Å². The summed E-state index contributed by atoms with van der Waals surface area (Å²) in [5, 5.41) is 21.7. The molecule has 0 aromatic heterocycles. The summed E-state index contributed by atoms with van der Waals surface area (Å²) in [4.78, 5) is 45.8. The second-order valence-corrected chi connectivity index (χ2v) is 8.24. The normalized spacial score (nSPS) is 12.8. The van der Waals surface area contributed by atoms with E-state index in [1.165, 1.54) is 48.5 Å². The first kappa shape index (κ1) is 26.5. The highest BCUT2D eigenvalue weighted by molar-refractivity contribution is 7.34. The summed E-state index contributed by atoms with van der Waals surface area (Å²) in [6, 6.07) is 10.7. The highest BCUT2D eigenvalue weighted by Crippen LogP contribution is 2.35. The minimum Gasteiger partial charge on any atom is -0.258 e. The minimum atomic E-state index is -3.13. The van der Waals surface area contributed by atoms with Gasteiger partial charge in [-0.15, -0.1) is 0 Å². The smallest absolute Gasteiger partial charge is 0.258 e. The van der Waals surface area contributed by atoms with Crippen LogP contribution < -0.4 is 0 Å². The topological polar surface area (TPSA) is 156 Å². The van der Waals surface area contributed by atoms with Gasteiger partial charge in [0.05, 0.1) is 21.7 Å². The van der Waals surface area contributed by atoms with E-state index in [4.69, 9.17) is 9.05 Å². The Bertz CT molecular complexity index is 972. The number of non-ortho nitro benzene ring substituents is 2. The van der Waals surface area contributed by atoms with Crippen LogP contribution in [0.3, 0.4) is 0 Å². The van der Waals surface area contributed by atoms with Gasteiger partial charge >= 0.3 is 20.2 Å². The van der Waals surface area contributed by atoms with Crippen molar-refractivity contribution in [1.82, 2.24) is 0 Å². The highest BCUT2D eigenvalue weighted by atomic mass is 31.1. The molecule has 2 aromatic rings. The van der Waals surface area contributed by atoms with Crippen molar-refractivity contribution in [2.24, 2.45) is 0 Å². The molecule has 180 valence electrons. The van der Waals surface area contributed by atoms with Gasteiger partial charge in [0.15, 0.2) is 0 Å². The second kappa shape index (κ2) is 12.5. The van der Waals surface area contributed by atoms with Gasteiger partial charge in [-0.25, -0.2) is 9.59 Å². The lowest BCUT2D eigenvalue weighted by Crippen LogP contribution is -2.16. The fraction of sp³-hybridized carbons (Fsp3) is 0.364. The molecular weight excluding hydrogens is 467 g/mol. The summed E-state index contributed by atoms with van der Waals surface area (Å²) in [6.07, 6.45) is 1.81. The summed E-state index contributed by atoms with van der Waals surface area (Å²) in [7, 11) is -3.13. The molecule has 2 unspecified atom stereocenters. The van der Waals surface area contributed by atoms with Gasteiger partial charge in [0, 0.05) is 28.8 Å². The van der Waals surface area contributed by atoms with Crippen molar-refractivity contribution in [2.75, 3.05) is 0 Å². The lowest BCUT2D eigenvalue weighted by atomic mass is 9.94. The van der Waals surface area contributed by atoms with Gasteiger partial charge < -0.3 is 0 Å². The van der Waals surface area contributed by atoms with E-state index in [-0.39, 0.29) is 11.4 Å². The molecule has 0 N–H and O–H groups in total. The van der Waals surface area contributed by atoms with Crippen LogP contribution in [0, 0.1) is 20.2 Å². The van der Waals surface area contributed by atoms with Crippen LogP contribution in [0.4, 0.5) is 11.4 Å². The first-order valence-electron chi connectivity index (χ1n) is 10.6. The Kier molecular flexibility index (Phi) is 9.76. The van der Waals surface area contributed by atoms with Crippen LogP contribution in [0.25, 0.3) is 0 Å². The fourth-order valence-electron chi connectivity index (χ4n) is 3.37. The summed E-state index contributed by atoms with van der Waals surface area (Å²) in [5.74, 6) is -3.45. The van der Waals surface area contributed by atoms with Crippen LogP contribution in [0.1, 0.15) is 62.5 Å². The van der Waals surface area contributed by atoms with E-state index in [0.717, 1.165) is 0 Å². The lowest BCUT2D eigenvalue weighted by Gasteiger charge is -2.12. The molecular formula is C22H24N2O9P+. The summed E-state index contributed by atoms with van der Waals surface area (Å²) in [6.45, 7) is 3.65. The molecule has 34 heavy (non-hydrogen) atoms. The SMILES string of the molecule is CCCC(C(=O)O[P+](=O)OC(=O)C(CCC)c1ccc([N+](=O)[O-])cc1)c1ccc([N+](=O)[O-])cc1. The largest absolute Gasteiger partial charge is 0.811 e. The highest BCUT2D eigenvalue weighted by Gasteiger charge is 2.38. The van der Waals surface area contributed by atoms with Gasteiger partial charge in [0.1, 0.15) is 0 Å². The molecule has 0 aliphatic rings. The molecule has 0 aliphatic heterocycles. The molecule has 0 spiro atoms. The maximum Gasteiger partial charge on any atom is 0.811 e. The number of carbonyl (C=O) groups is 2. The van der Waals surface area contributed by atoms with Crippen LogP contribution in [0.15, 0.2) is 48.5 Å². The number of hydrogen-bond acceptors (Lipinski definition) is 9. The first-order valence-corrected chi connectivity index (χ1v) is 11.7. The lowest BCUT2D eigenvalue weighted by molar-refractivity contribution is -0.385. The van der Waals surface area contributed by atoms with E-state index < -0.39 is 41.9 Å². The third kappa shape index (κ3) is 7.14. The van der Waals surface area contributed by atoms with Crippen molar-refractivity contribution in [1.29, 1.82) is 0 Å². The number of carbonyl (C=O) groups excluding carboxylic acids is 2. The van der Waals surface area contributed by atoms with Gasteiger partial charge in [-0.3, -0.25) is 20.2 Å². The summed E-state index contributed by atoms with van der Waals surface area (Å²) >= 11 is 0. The number of hydrogen-bond donors (Lipinski definition) is 0. The predicted octanol–water partition coefficient (Wildman–Crippen LogP) is 5.71. The van der Waals surface area contributed by atoms with Crippen LogP contribution >= 0.6 is 8.25 Å². The van der Waals surface area contributed by atoms with Crippen molar-refractivity contribution in [3.05, 3.63) is 79.9 Å². The zero-order valence-electron chi connectivity index (χ0n) is 18.6. The molecule has 0 amide bonds. The monoisotopic (exact) mass is 491 g/mol. The van der Waals surface area contributed by atoms with E-state index in [2.05, 4.69) is 0 Å². The molecule has 0 radical (unpaired) electrons. The molecule has 11 nitrogen and oxygen atoms in total. The van der Waals surface area contributed by atoms with Crippen molar-refractivity contribution < 1.29 is 33.0 Å². The van der Waals surface area contributed by atoms with Gasteiger partial charge in [0.2, 0.25) is 0 Å². The average Bonchev–Trinajstić information content (AvgIpc) is 2.80. The standard InChI is InChI=1S/C22H24N2O9P/c1-3-5-19(15-7-11-17(12-8-15)23(27)28)21(25)32-34(31)33-22(26)20(6-4-2)16-9-13-18(14-10-16)24(29)30/h7-14,19-20H,3-6H2,1-2H3/q+1. The third-order valence-corrected chi connectivity index (χ3v) is 5.72. The second-order valence-electron chi connectivity index (χ2n) is 7.42. The summed E-state index contributed by atoms with van der Waals surface area (Å²) in [5.41, 5.74) is 0.616. The van der Waals surface area contributed by atoms with E-state index >= 15 is 0 Å². The Morgan fingerprint density at radius 3 is 1.35 bits per heavy atom. The third-order valence-electron chi connectivity index (χ3n) is 5.07. The Labute approximate surface area is 196 Å².